The molecular formula is C15H25NO3. The zero-order valence-electron chi connectivity index (χ0n) is 12.1. The minimum atomic E-state index is 0.144. The van der Waals surface area contributed by atoms with Crippen LogP contribution in [0.25, 0.3) is 0 Å². The number of likely N-dealkylation sites (N-methyl/N-ethyl adjacent to an activating group) is 1. The lowest BCUT2D eigenvalue weighted by molar-refractivity contribution is 0.0883. The number of hydrogen-bond donors (Lipinski definition) is 1. The van der Waals surface area contributed by atoms with Gasteiger partial charge in [-0.25, -0.2) is 0 Å². The van der Waals surface area contributed by atoms with Crippen molar-refractivity contribution in [2.24, 2.45) is 0 Å². The van der Waals surface area contributed by atoms with E-state index in [9.17, 15) is 0 Å². The molecule has 4 heteroatoms. The van der Waals surface area contributed by atoms with Gasteiger partial charge in [0, 0.05) is 25.9 Å². The van der Waals surface area contributed by atoms with Gasteiger partial charge in [0.1, 0.15) is 5.75 Å². The van der Waals surface area contributed by atoms with Crippen LogP contribution in [-0.4, -0.2) is 40.6 Å². The number of nitrogens with one attached hydrogen (secondary N) is 1. The van der Waals surface area contributed by atoms with Gasteiger partial charge in [-0.3, -0.25) is 0 Å². The van der Waals surface area contributed by atoms with Crippen LogP contribution < -0.4 is 10.1 Å². The van der Waals surface area contributed by atoms with Crippen LogP contribution in [0.15, 0.2) is 24.3 Å². The van der Waals surface area contributed by atoms with E-state index in [0.717, 1.165) is 24.3 Å². The van der Waals surface area contributed by atoms with E-state index in [1.165, 1.54) is 0 Å². The lowest BCUT2D eigenvalue weighted by atomic mass is 10.1. The maximum atomic E-state index is 5.68. The molecule has 0 spiro atoms. The Hall–Kier alpha value is -1.10. The van der Waals surface area contributed by atoms with Crippen molar-refractivity contribution in [1.29, 1.82) is 0 Å². The van der Waals surface area contributed by atoms with E-state index in [0.29, 0.717) is 19.8 Å². The highest BCUT2D eigenvalue weighted by atomic mass is 16.5. The Balaban J connectivity index is 2.53. The Morgan fingerprint density at radius 3 is 2.68 bits per heavy atom. The van der Waals surface area contributed by atoms with Crippen LogP contribution in [0.5, 0.6) is 5.75 Å². The molecule has 0 radical (unpaired) electrons. The molecule has 0 aliphatic carbocycles. The van der Waals surface area contributed by atoms with Crippen LogP contribution in [0.3, 0.4) is 0 Å². The predicted octanol–water partition coefficient (Wildman–Crippen LogP) is 2.40. The standard InChI is InChI=1S/C15H25NO3/c1-4-19-15-9-6-5-8-13(15)14(16-2)12-18-11-7-10-17-3/h5-6,8-9,14,16H,4,7,10-12H2,1-3H3. The van der Waals surface area contributed by atoms with E-state index < -0.39 is 0 Å². The summed E-state index contributed by atoms with van der Waals surface area (Å²) in [4.78, 5) is 0. The third-order valence-electron chi connectivity index (χ3n) is 2.86. The summed E-state index contributed by atoms with van der Waals surface area (Å²) in [6, 6.07) is 8.22. The van der Waals surface area contributed by atoms with Crippen molar-refractivity contribution in [3.8, 4) is 5.75 Å². The van der Waals surface area contributed by atoms with Gasteiger partial charge < -0.3 is 19.5 Å². The highest BCUT2D eigenvalue weighted by Crippen LogP contribution is 2.25. The van der Waals surface area contributed by atoms with Gasteiger partial charge in [0.25, 0.3) is 0 Å². The molecule has 1 atom stereocenters. The van der Waals surface area contributed by atoms with Gasteiger partial charge in [0.15, 0.2) is 0 Å². The molecule has 0 fully saturated rings. The lowest BCUT2D eigenvalue weighted by Gasteiger charge is -2.20. The summed E-state index contributed by atoms with van der Waals surface area (Å²) in [5, 5.41) is 3.27. The topological polar surface area (TPSA) is 39.7 Å². The average molecular weight is 267 g/mol. The van der Waals surface area contributed by atoms with Gasteiger partial charge in [-0.15, -0.1) is 0 Å². The van der Waals surface area contributed by atoms with Crippen molar-refractivity contribution in [2.75, 3.05) is 40.6 Å². The number of methoxy groups -OCH3 is 1. The molecule has 0 saturated heterocycles. The third kappa shape index (κ3) is 5.59. The molecule has 0 saturated carbocycles. The predicted molar refractivity (Wildman–Crippen MR) is 76.7 cm³/mol. The fraction of sp³-hybridized carbons (Fsp3) is 0.600. The van der Waals surface area contributed by atoms with Crippen LogP contribution in [0.1, 0.15) is 24.9 Å². The molecule has 0 aliphatic heterocycles. The smallest absolute Gasteiger partial charge is 0.124 e. The first-order valence-electron chi connectivity index (χ1n) is 6.79. The molecule has 0 aromatic heterocycles. The molecule has 0 heterocycles. The Labute approximate surface area is 116 Å². The fourth-order valence-corrected chi connectivity index (χ4v) is 1.89. The molecule has 1 aromatic carbocycles. The van der Waals surface area contributed by atoms with Crippen molar-refractivity contribution in [2.45, 2.75) is 19.4 Å². The average Bonchev–Trinajstić information content (AvgIpc) is 2.44. The molecule has 108 valence electrons. The van der Waals surface area contributed by atoms with Gasteiger partial charge in [0.2, 0.25) is 0 Å². The van der Waals surface area contributed by atoms with Gasteiger partial charge in [-0.1, -0.05) is 18.2 Å². The molecule has 4 nitrogen and oxygen atoms in total. The monoisotopic (exact) mass is 267 g/mol. The maximum absolute atomic E-state index is 5.68. The van der Waals surface area contributed by atoms with Crippen molar-refractivity contribution in [3.05, 3.63) is 29.8 Å². The zero-order chi connectivity index (χ0) is 13.9. The molecule has 0 amide bonds. The first-order chi connectivity index (χ1) is 9.33. The number of benzene rings is 1. The summed E-state index contributed by atoms with van der Waals surface area (Å²) >= 11 is 0. The summed E-state index contributed by atoms with van der Waals surface area (Å²) in [6.45, 7) is 4.74. The number of ether oxygens (including phenoxy) is 3. The first kappa shape index (κ1) is 16.0. The first-order valence-corrected chi connectivity index (χ1v) is 6.79. The Morgan fingerprint density at radius 2 is 2.00 bits per heavy atom. The second-order valence-corrected chi connectivity index (χ2v) is 4.23. The van der Waals surface area contributed by atoms with Crippen LogP contribution in [0, 0.1) is 0 Å². The van der Waals surface area contributed by atoms with Crippen LogP contribution in [-0.2, 0) is 9.47 Å². The Morgan fingerprint density at radius 1 is 1.21 bits per heavy atom. The van der Waals surface area contributed by atoms with E-state index in [-0.39, 0.29) is 6.04 Å². The number of rotatable bonds is 10. The largest absolute Gasteiger partial charge is 0.494 e. The van der Waals surface area contributed by atoms with Crippen molar-refractivity contribution < 1.29 is 14.2 Å². The fourth-order valence-electron chi connectivity index (χ4n) is 1.89. The summed E-state index contributed by atoms with van der Waals surface area (Å²) < 4.78 is 16.3. The van der Waals surface area contributed by atoms with E-state index in [1.54, 1.807) is 7.11 Å². The molecule has 0 bridgehead atoms. The molecule has 19 heavy (non-hydrogen) atoms. The SMILES string of the molecule is CCOc1ccccc1C(COCCCOC)NC. The summed E-state index contributed by atoms with van der Waals surface area (Å²) in [5.74, 6) is 0.921. The van der Waals surface area contributed by atoms with E-state index in [1.807, 2.05) is 32.2 Å². The van der Waals surface area contributed by atoms with Crippen molar-refractivity contribution in [1.82, 2.24) is 5.32 Å². The minimum absolute atomic E-state index is 0.144. The Bertz CT molecular complexity index is 344. The molecular weight excluding hydrogens is 242 g/mol. The molecule has 1 aromatic rings. The Kier molecular flexibility index (Phi) is 8.21. The summed E-state index contributed by atoms with van der Waals surface area (Å²) in [7, 11) is 3.64. The van der Waals surface area contributed by atoms with Crippen molar-refractivity contribution >= 4 is 0 Å². The van der Waals surface area contributed by atoms with Gasteiger partial charge in [0.05, 0.1) is 19.3 Å². The second-order valence-electron chi connectivity index (χ2n) is 4.23. The summed E-state index contributed by atoms with van der Waals surface area (Å²) in [5.41, 5.74) is 1.14. The second kappa shape index (κ2) is 9.78. The third-order valence-corrected chi connectivity index (χ3v) is 2.86. The van der Waals surface area contributed by atoms with Gasteiger partial charge in [-0.05, 0) is 26.5 Å². The van der Waals surface area contributed by atoms with Gasteiger partial charge >= 0.3 is 0 Å². The van der Waals surface area contributed by atoms with Crippen LogP contribution in [0.4, 0.5) is 0 Å². The van der Waals surface area contributed by atoms with Crippen LogP contribution >= 0.6 is 0 Å². The van der Waals surface area contributed by atoms with E-state index in [4.69, 9.17) is 14.2 Å². The molecule has 1 rings (SSSR count). The lowest BCUT2D eigenvalue weighted by Crippen LogP contribution is -2.23. The molecule has 0 aliphatic rings. The molecule has 1 unspecified atom stereocenters. The quantitative estimate of drug-likeness (QED) is 0.661. The van der Waals surface area contributed by atoms with Crippen LogP contribution in [0.2, 0.25) is 0 Å². The summed E-state index contributed by atoms with van der Waals surface area (Å²) in [6.07, 6.45) is 0.917. The minimum Gasteiger partial charge on any atom is -0.494 e. The normalized spacial score (nSPS) is 12.4. The van der Waals surface area contributed by atoms with E-state index >= 15 is 0 Å². The highest BCUT2D eigenvalue weighted by Gasteiger charge is 2.14. The highest BCUT2D eigenvalue weighted by molar-refractivity contribution is 5.36. The molecule has 1 N–H and O–H groups in total. The maximum Gasteiger partial charge on any atom is 0.124 e. The van der Waals surface area contributed by atoms with E-state index in [2.05, 4.69) is 11.4 Å². The van der Waals surface area contributed by atoms with Gasteiger partial charge in [-0.2, -0.15) is 0 Å². The number of hydrogen-bond acceptors (Lipinski definition) is 4. The number of para-hydroxylation sites is 1. The zero-order valence-corrected chi connectivity index (χ0v) is 12.1. The van der Waals surface area contributed by atoms with Crippen molar-refractivity contribution in [3.63, 3.8) is 0 Å².